The van der Waals surface area contributed by atoms with Gasteiger partial charge in [0.2, 0.25) is 0 Å². The highest BCUT2D eigenvalue weighted by Gasteiger charge is 2.12. The molecule has 0 aliphatic rings. The number of nitrogens with one attached hydrogen (secondary N) is 1. The Bertz CT molecular complexity index is 371. The summed E-state index contributed by atoms with van der Waals surface area (Å²) in [5.41, 5.74) is 0.880. The van der Waals surface area contributed by atoms with Gasteiger partial charge in [-0.15, -0.1) is 0 Å². The number of methoxy groups -OCH3 is 1. The van der Waals surface area contributed by atoms with Crippen molar-refractivity contribution in [3.63, 3.8) is 0 Å². The van der Waals surface area contributed by atoms with Crippen LogP contribution in [0, 0.1) is 5.92 Å². The van der Waals surface area contributed by atoms with E-state index in [0.717, 1.165) is 23.6 Å². The van der Waals surface area contributed by atoms with Gasteiger partial charge >= 0.3 is 0 Å². The molecule has 18 heavy (non-hydrogen) atoms. The van der Waals surface area contributed by atoms with Gasteiger partial charge in [-0.05, 0) is 49.6 Å². The number of hydrogen-bond donors (Lipinski definition) is 2. The fourth-order valence-electron chi connectivity index (χ4n) is 1.84. The van der Waals surface area contributed by atoms with Gasteiger partial charge in [0.15, 0.2) is 0 Å². The standard InChI is InChI=1S/C14H23NO2S/c1-10(9-18-4)8-15-11(2)13-7-12(17-3)5-6-14(13)16/h5-7,10-11,15-16H,8-9H2,1-4H3. The maximum Gasteiger partial charge on any atom is 0.120 e. The van der Waals surface area contributed by atoms with E-state index in [1.165, 1.54) is 0 Å². The molecular weight excluding hydrogens is 246 g/mol. The zero-order valence-corrected chi connectivity index (χ0v) is 12.4. The summed E-state index contributed by atoms with van der Waals surface area (Å²) in [5.74, 6) is 2.85. The molecule has 0 saturated carbocycles. The van der Waals surface area contributed by atoms with Gasteiger partial charge in [-0.3, -0.25) is 0 Å². The molecule has 2 N–H and O–H groups in total. The quantitative estimate of drug-likeness (QED) is 0.798. The second kappa shape index (κ2) is 7.54. The van der Waals surface area contributed by atoms with E-state index in [2.05, 4.69) is 25.4 Å². The molecule has 1 aromatic rings. The summed E-state index contributed by atoms with van der Waals surface area (Å²) in [5, 5.41) is 13.3. The number of aromatic hydroxyl groups is 1. The Labute approximate surface area is 114 Å². The molecular formula is C14H23NO2S. The number of hydrogen-bond acceptors (Lipinski definition) is 4. The molecule has 3 nitrogen and oxygen atoms in total. The predicted molar refractivity (Wildman–Crippen MR) is 78.6 cm³/mol. The lowest BCUT2D eigenvalue weighted by molar-refractivity contribution is 0.406. The summed E-state index contributed by atoms with van der Waals surface area (Å²) < 4.78 is 5.18. The van der Waals surface area contributed by atoms with Gasteiger partial charge in [-0.1, -0.05) is 6.92 Å². The molecule has 4 heteroatoms. The predicted octanol–water partition coefficient (Wildman–Crippen LogP) is 3.05. The highest BCUT2D eigenvalue weighted by Crippen LogP contribution is 2.28. The topological polar surface area (TPSA) is 41.5 Å². The summed E-state index contributed by atoms with van der Waals surface area (Å²) in [7, 11) is 1.63. The van der Waals surface area contributed by atoms with Crippen molar-refractivity contribution in [1.82, 2.24) is 5.32 Å². The van der Waals surface area contributed by atoms with Crippen LogP contribution < -0.4 is 10.1 Å². The maximum atomic E-state index is 9.87. The zero-order chi connectivity index (χ0) is 13.5. The Hall–Kier alpha value is -0.870. The molecule has 0 amide bonds. The molecule has 0 aliphatic heterocycles. The van der Waals surface area contributed by atoms with Gasteiger partial charge in [0.25, 0.3) is 0 Å². The van der Waals surface area contributed by atoms with E-state index < -0.39 is 0 Å². The van der Waals surface area contributed by atoms with E-state index in [4.69, 9.17) is 4.74 Å². The Morgan fingerprint density at radius 2 is 2.11 bits per heavy atom. The van der Waals surface area contributed by atoms with E-state index in [-0.39, 0.29) is 6.04 Å². The molecule has 0 aliphatic carbocycles. The number of benzene rings is 1. The molecule has 2 atom stereocenters. The first kappa shape index (κ1) is 15.2. The lowest BCUT2D eigenvalue weighted by Crippen LogP contribution is -2.25. The van der Waals surface area contributed by atoms with Crippen LogP contribution in [-0.4, -0.2) is 30.8 Å². The summed E-state index contributed by atoms with van der Waals surface area (Å²) in [6.07, 6.45) is 2.12. The molecule has 1 rings (SSSR count). The van der Waals surface area contributed by atoms with Crippen LogP contribution in [0.2, 0.25) is 0 Å². The zero-order valence-electron chi connectivity index (χ0n) is 11.6. The Morgan fingerprint density at radius 1 is 1.39 bits per heavy atom. The minimum Gasteiger partial charge on any atom is -0.508 e. The Morgan fingerprint density at radius 3 is 2.72 bits per heavy atom. The van der Waals surface area contributed by atoms with E-state index >= 15 is 0 Å². The molecule has 0 aromatic heterocycles. The first-order valence-electron chi connectivity index (χ1n) is 6.17. The second-order valence-corrected chi connectivity index (χ2v) is 5.53. The maximum absolute atomic E-state index is 9.87. The number of rotatable bonds is 7. The SMILES string of the molecule is COc1ccc(O)c(C(C)NCC(C)CSC)c1. The molecule has 0 saturated heterocycles. The van der Waals surface area contributed by atoms with Gasteiger partial charge in [0.05, 0.1) is 7.11 Å². The van der Waals surface area contributed by atoms with Crippen molar-refractivity contribution < 1.29 is 9.84 Å². The van der Waals surface area contributed by atoms with Crippen molar-refractivity contribution in [2.75, 3.05) is 25.7 Å². The summed E-state index contributed by atoms with van der Waals surface area (Å²) in [6.45, 7) is 5.22. The van der Waals surface area contributed by atoms with Crippen LogP contribution >= 0.6 is 11.8 Å². The summed E-state index contributed by atoms with van der Waals surface area (Å²) in [4.78, 5) is 0. The molecule has 0 spiro atoms. The molecule has 0 fully saturated rings. The monoisotopic (exact) mass is 269 g/mol. The normalized spacial score (nSPS) is 14.2. The number of phenolic OH excluding ortho intramolecular Hbond substituents is 1. The van der Waals surface area contributed by atoms with Crippen LogP contribution in [0.4, 0.5) is 0 Å². The number of ether oxygens (including phenoxy) is 1. The third kappa shape index (κ3) is 4.42. The molecule has 2 unspecified atom stereocenters. The highest BCUT2D eigenvalue weighted by atomic mass is 32.2. The van der Waals surface area contributed by atoms with Crippen molar-refractivity contribution in [3.8, 4) is 11.5 Å². The first-order valence-corrected chi connectivity index (χ1v) is 7.57. The van der Waals surface area contributed by atoms with Crippen molar-refractivity contribution in [3.05, 3.63) is 23.8 Å². The number of thioether (sulfide) groups is 1. The minimum atomic E-state index is 0.115. The van der Waals surface area contributed by atoms with Crippen molar-refractivity contribution in [2.45, 2.75) is 19.9 Å². The fourth-order valence-corrected chi connectivity index (χ4v) is 2.52. The van der Waals surface area contributed by atoms with E-state index in [1.807, 2.05) is 17.8 Å². The van der Waals surface area contributed by atoms with E-state index in [0.29, 0.717) is 11.7 Å². The van der Waals surface area contributed by atoms with Crippen molar-refractivity contribution in [1.29, 1.82) is 0 Å². The van der Waals surface area contributed by atoms with Crippen LogP contribution in [0.1, 0.15) is 25.5 Å². The smallest absolute Gasteiger partial charge is 0.120 e. The molecule has 0 heterocycles. The van der Waals surface area contributed by atoms with E-state index in [9.17, 15) is 5.11 Å². The number of phenols is 1. The van der Waals surface area contributed by atoms with Crippen LogP contribution in [-0.2, 0) is 0 Å². The third-order valence-electron chi connectivity index (χ3n) is 2.92. The summed E-state index contributed by atoms with van der Waals surface area (Å²) >= 11 is 1.86. The molecule has 0 bridgehead atoms. The second-order valence-electron chi connectivity index (χ2n) is 4.62. The van der Waals surface area contributed by atoms with E-state index in [1.54, 1.807) is 19.2 Å². The average molecular weight is 269 g/mol. The first-order chi connectivity index (χ1) is 8.58. The molecule has 102 valence electrons. The van der Waals surface area contributed by atoms with Crippen molar-refractivity contribution >= 4 is 11.8 Å². The Balaban J connectivity index is 2.62. The van der Waals surface area contributed by atoms with Crippen LogP contribution in [0.3, 0.4) is 0 Å². The largest absolute Gasteiger partial charge is 0.508 e. The molecule has 0 radical (unpaired) electrons. The molecule has 1 aromatic carbocycles. The fraction of sp³-hybridized carbons (Fsp3) is 0.571. The van der Waals surface area contributed by atoms with Gasteiger partial charge in [-0.2, -0.15) is 11.8 Å². The highest BCUT2D eigenvalue weighted by molar-refractivity contribution is 7.98. The van der Waals surface area contributed by atoms with Crippen LogP contribution in [0.15, 0.2) is 18.2 Å². The minimum absolute atomic E-state index is 0.115. The van der Waals surface area contributed by atoms with Crippen LogP contribution in [0.25, 0.3) is 0 Å². The summed E-state index contributed by atoms with van der Waals surface area (Å²) in [6, 6.07) is 5.44. The van der Waals surface area contributed by atoms with Gasteiger partial charge in [0.1, 0.15) is 11.5 Å². The van der Waals surface area contributed by atoms with Gasteiger partial charge in [0, 0.05) is 11.6 Å². The lowest BCUT2D eigenvalue weighted by atomic mass is 10.1. The third-order valence-corrected chi connectivity index (χ3v) is 3.83. The lowest BCUT2D eigenvalue weighted by Gasteiger charge is -2.19. The van der Waals surface area contributed by atoms with Gasteiger partial charge in [-0.25, -0.2) is 0 Å². The van der Waals surface area contributed by atoms with Gasteiger partial charge < -0.3 is 15.2 Å². The Kier molecular flexibility index (Phi) is 6.36. The van der Waals surface area contributed by atoms with Crippen molar-refractivity contribution in [2.24, 2.45) is 5.92 Å². The van der Waals surface area contributed by atoms with Crippen LogP contribution in [0.5, 0.6) is 11.5 Å². The average Bonchev–Trinajstić information content (AvgIpc) is 2.37.